The summed E-state index contributed by atoms with van der Waals surface area (Å²) in [5.41, 5.74) is 1.24. The number of likely N-dealkylation sites (N-methyl/N-ethyl adjacent to an activating group) is 2. The van der Waals surface area contributed by atoms with Crippen molar-refractivity contribution in [2.45, 2.75) is 26.8 Å². The van der Waals surface area contributed by atoms with Gasteiger partial charge in [0, 0.05) is 31.6 Å². The van der Waals surface area contributed by atoms with Gasteiger partial charge in [-0.25, -0.2) is 4.98 Å². The molecular formula is C13H26N4S. The Morgan fingerprint density at radius 3 is 2.44 bits per heavy atom. The summed E-state index contributed by atoms with van der Waals surface area (Å²) in [6.45, 7) is 8.33. The van der Waals surface area contributed by atoms with Crippen molar-refractivity contribution in [3.8, 4) is 0 Å². The maximum atomic E-state index is 4.75. The number of nitrogens with one attached hydrogen (secondary N) is 1. The molecule has 0 spiro atoms. The highest BCUT2D eigenvalue weighted by Crippen LogP contribution is 2.25. The van der Waals surface area contributed by atoms with Crippen molar-refractivity contribution in [1.29, 1.82) is 0 Å². The maximum Gasteiger partial charge on any atom is 0.185 e. The SMILES string of the molecule is CCNCc1sc(N(C)CCN(C)C)nc1CC. The fourth-order valence-corrected chi connectivity index (χ4v) is 2.74. The summed E-state index contributed by atoms with van der Waals surface area (Å²) in [6.07, 6.45) is 1.01. The molecule has 1 N–H and O–H groups in total. The Kier molecular flexibility index (Phi) is 6.60. The van der Waals surface area contributed by atoms with Crippen molar-refractivity contribution >= 4 is 16.5 Å². The molecule has 5 heteroatoms. The molecule has 1 rings (SSSR count). The summed E-state index contributed by atoms with van der Waals surface area (Å²) >= 11 is 1.82. The molecule has 0 amide bonds. The van der Waals surface area contributed by atoms with Crippen LogP contribution in [-0.4, -0.2) is 50.7 Å². The number of thiazole rings is 1. The third-order valence-corrected chi connectivity index (χ3v) is 4.06. The van der Waals surface area contributed by atoms with Gasteiger partial charge in [0.2, 0.25) is 0 Å². The molecule has 0 atom stereocenters. The number of hydrogen-bond acceptors (Lipinski definition) is 5. The first-order valence-electron chi connectivity index (χ1n) is 6.63. The average Bonchev–Trinajstić information content (AvgIpc) is 2.76. The molecule has 0 saturated heterocycles. The molecule has 1 aromatic heterocycles. The lowest BCUT2D eigenvalue weighted by Gasteiger charge is -2.18. The van der Waals surface area contributed by atoms with Crippen LogP contribution in [0.3, 0.4) is 0 Å². The number of aryl methyl sites for hydroxylation is 1. The second-order valence-corrected chi connectivity index (χ2v) is 5.79. The van der Waals surface area contributed by atoms with Crippen LogP contribution in [0.5, 0.6) is 0 Å². The molecule has 0 radical (unpaired) electrons. The van der Waals surface area contributed by atoms with Gasteiger partial charge in [0.25, 0.3) is 0 Å². The first kappa shape index (κ1) is 15.4. The van der Waals surface area contributed by atoms with Gasteiger partial charge < -0.3 is 15.1 Å². The number of hydrogen-bond donors (Lipinski definition) is 1. The monoisotopic (exact) mass is 270 g/mol. The largest absolute Gasteiger partial charge is 0.350 e. The van der Waals surface area contributed by atoms with Crippen molar-refractivity contribution in [2.75, 3.05) is 45.7 Å². The first-order valence-corrected chi connectivity index (χ1v) is 7.45. The van der Waals surface area contributed by atoms with Crippen molar-refractivity contribution in [3.05, 3.63) is 10.6 Å². The van der Waals surface area contributed by atoms with Gasteiger partial charge in [0.15, 0.2) is 5.13 Å². The molecule has 1 heterocycles. The average molecular weight is 270 g/mol. The van der Waals surface area contributed by atoms with E-state index in [-0.39, 0.29) is 0 Å². The summed E-state index contributed by atoms with van der Waals surface area (Å²) in [4.78, 5) is 10.6. The Hall–Kier alpha value is -0.650. The summed E-state index contributed by atoms with van der Waals surface area (Å²) in [7, 11) is 6.33. The molecule has 1 aromatic rings. The molecule has 0 aliphatic rings. The lowest BCUT2D eigenvalue weighted by Crippen LogP contribution is -2.28. The smallest absolute Gasteiger partial charge is 0.185 e. The normalized spacial score (nSPS) is 11.2. The van der Waals surface area contributed by atoms with Crippen LogP contribution in [0.4, 0.5) is 5.13 Å². The molecule has 0 bridgehead atoms. The van der Waals surface area contributed by atoms with E-state index in [1.54, 1.807) is 0 Å². The van der Waals surface area contributed by atoms with Crippen LogP contribution in [-0.2, 0) is 13.0 Å². The zero-order valence-electron chi connectivity index (χ0n) is 12.3. The van der Waals surface area contributed by atoms with E-state index >= 15 is 0 Å². The predicted octanol–water partition coefficient (Wildman–Crippen LogP) is 1.81. The number of aromatic nitrogens is 1. The molecule has 0 unspecified atom stereocenters. The molecule has 18 heavy (non-hydrogen) atoms. The summed E-state index contributed by atoms with van der Waals surface area (Å²) in [6, 6.07) is 0. The van der Waals surface area contributed by atoms with E-state index in [1.165, 1.54) is 10.6 Å². The first-order chi connectivity index (χ1) is 8.58. The second kappa shape index (κ2) is 7.71. The lowest BCUT2D eigenvalue weighted by molar-refractivity contribution is 0.416. The highest BCUT2D eigenvalue weighted by atomic mass is 32.1. The molecule has 0 fully saturated rings. The molecule has 104 valence electrons. The molecule has 0 aliphatic carbocycles. The van der Waals surface area contributed by atoms with Gasteiger partial charge in [0.05, 0.1) is 5.69 Å². The fraction of sp³-hybridized carbons (Fsp3) is 0.769. The van der Waals surface area contributed by atoms with Gasteiger partial charge >= 0.3 is 0 Å². The van der Waals surface area contributed by atoms with Gasteiger partial charge in [-0.1, -0.05) is 13.8 Å². The minimum atomic E-state index is 0.943. The summed E-state index contributed by atoms with van der Waals surface area (Å²) < 4.78 is 0. The minimum absolute atomic E-state index is 0.943. The van der Waals surface area contributed by atoms with Crippen molar-refractivity contribution < 1.29 is 0 Å². The number of anilines is 1. The van der Waals surface area contributed by atoms with Gasteiger partial charge in [0.1, 0.15) is 0 Å². The Balaban J connectivity index is 2.67. The third-order valence-electron chi connectivity index (χ3n) is 2.85. The van der Waals surface area contributed by atoms with Crippen LogP contribution in [0.25, 0.3) is 0 Å². The lowest BCUT2D eigenvalue weighted by atomic mass is 10.3. The predicted molar refractivity (Wildman–Crippen MR) is 80.7 cm³/mol. The van der Waals surface area contributed by atoms with Crippen LogP contribution in [0.2, 0.25) is 0 Å². The van der Waals surface area contributed by atoms with Crippen molar-refractivity contribution in [3.63, 3.8) is 0 Å². The van der Waals surface area contributed by atoms with E-state index < -0.39 is 0 Å². The van der Waals surface area contributed by atoms with Crippen molar-refractivity contribution in [1.82, 2.24) is 15.2 Å². The van der Waals surface area contributed by atoms with Gasteiger partial charge in [-0.15, -0.1) is 11.3 Å². The highest BCUT2D eigenvalue weighted by Gasteiger charge is 2.12. The Morgan fingerprint density at radius 2 is 1.89 bits per heavy atom. The van der Waals surface area contributed by atoms with Crippen LogP contribution in [0.15, 0.2) is 0 Å². The second-order valence-electron chi connectivity index (χ2n) is 4.73. The molecule has 0 saturated carbocycles. The standard InChI is InChI=1S/C13H26N4S/c1-6-11-12(10-14-7-2)18-13(15-11)17(5)9-8-16(3)4/h14H,6-10H2,1-5H3. The maximum absolute atomic E-state index is 4.75. The van der Waals surface area contributed by atoms with Gasteiger partial charge in [-0.05, 0) is 27.1 Å². The van der Waals surface area contributed by atoms with E-state index in [9.17, 15) is 0 Å². The number of rotatable bonds is 8. The molecule has 0 aliphatic heterocycles. The summed E-state index contributed by atoms with van der Waals surface area (Å²) in [5.74, 6) is 0. The topological polar surface area (TPSA) is 31.4 Å². The van der Waals surface area contributed by atoms with Crippen molar-refractivity contribution in [2.24, 2.45) is 0 Å². The van der Waals surface area contributed by atoms with Crippen LogP contribution >= 0.6 is 11.3 Å². The van der Waals surface area contributed by atoms with Crippen LogP contribution in [0, 0.1) is 0 Å². The Morgan fingerprint density at radius 1 is 1.17 bits per heavy atom. The summed E-state index contributed by atoms with van der Waals surface area (Å²) in [5, 5.41) is 4.53. The Bertz CT molecular complexity index is 349. The minimum Gasteiger partial charge on any atom is -0.350 e. The fourth-order valence-electron chi connectivity index (χ4n) is 1.63. The zero-order chi connectivity index (χ0) is 13.5. The van der Waals surface area contributed by atoms with E-state index in [0.29, 0.717) is 0 Å². The molecule has 4 nitrogen and oxygen atoms in total. The van der Waals surface area contributed by atoms with Gasteiger partial charge in [-0.3, -0.25) is 0 Å². The van der Waals surface area contributed by atoms with E-state index in [2.05, 4.69) is 50.1 Å². The quantitative estimate of drug-likeness (QED) is 0.781. The molecule has 0 aromatic carbocycles. The Labute approximate surface area is 115 Å². The highest BCUT2D eigenvalue weighted by molar-refractivity contribution is 7.15. The van der Waals surface area contributed by atoms with E-state index in [1.807, 2.05) is 11.3 Å². The third kappa shape index (κ3) is 4.55. The molecular weight excluding hydrogens is 244 g/mol. The van der Waals surface area contributed by atoms with E-state index in [4.69, 9.17) is 4.98 Å². The number of nitrogens with zero attached hydrogens (tertiary/aromatic N) is 3. The van der Waals surface area contributed by atoms with Crippen LogP contribution < -0.4 is 10.2 Å². The zero-order valence-corrected chi connectivity index (χ0v) is 13.1. The van der Waals surface area contributed by atoms with Crippen LogP contribution in [0.1, 0.15) is 24.4 Å². The van der Waals surface area contributed by atoms with Gasteiger partial charge in [-0.2, -0.15) is 0 Å². The van der Waals surface area contributed by atoms with E-state index in [0.717, 1.165) is 37.7 Å².